The molecule has 2 N–H and O–H groups in total. The number of para-hydroxylation sites is 1. The van der Waals surface area contributed by atoms with E-state index in [1.807, 2.05) is 6.07 Å². The number of hydrogen-bond acceptors (Lipinski definition) is 2. The first-order valence-corrected chi connectivity index (χ1v) is 7.22. The van der Waals surface area contributed by atoms with Crippen molar-refractivity contribution in [1.82, 2.24) is 9.55 Å². The minimum atomic E-state index is 0.0460. The van der Waals surface area contributed by atoms with Crippen molar-refractivity contribution in [2.24, 2.45) is 0 Å². The second-order valence-corrected chi connectivity index (χ2v) is 6.56. The van der Waals surface area contributed by atoms with Crippen molar-refractivity contribution in [2.75, 3.05) is 5.73 Å². The molecular weight excluding hydrogens is 258 g/mol. The second-order valence-electron chi connectivity index (χ2n) is 6.56. The Bertz CT molecular complexity index is 807. The number of aryl methyl sites for hydroxylation is 1. The van der Waals surface area contributed by atoms with Crippen LogP contribution in [0.15, 0.2) is 42.5 Å². The van der Waals surface area contributed by atoms with Gasteiger partial charge in [-0.1, -0.05) is 45.0 Å². The van der Waals surface area contributed by atoms with Crippen LogP contribution in [0.25, 0.3) is 16.7 Å². The summed E-state index contributed by atoms with van der Waals surface area (Å²) in [5.41, 5.74) is 11.8. The molecule has 3 heteroatoms. The molecule has 21 heavy (non-hydrogen) atoms. The minimum Gasteiger partial charge on any atom is -0.369 e. The van der Waals surface area contributed by atoms with Gasteiger partial charge in [0.2, 0.25) is 5.95 Å². The van der Waals surface area contributed by atoms with Crippen LogP contribution in [0.1, 0.15) is 31.9 Å². The Kier molecular flexibility index (Phi) is 3.01. The van der Waals surface area contributed by atoms with Crippen molar-refractivity contribution >= 4 is 17.0 Å². The van der Waals surface area contributed by atoms with Gasteiger partial charge in [-0.2, -0.15) is 0 Å². The molecule has 0 saturated heterocycles. The summed E-state index contributed by atoms with van der Waals surface area (Å²) in [4.78, 5) is 4.51. The lowest BCUT2D eigenvalue weighted by Gasteiger charge is -2.23. The molecule has 0 aliphatic carbocycles. The third-order valence-electron chi connectivity index (χ3n) is 3.79. The molecule has 0 aliphatic heterocycles. The highest BCUT2D eigenvalue weighted by molar-refractivity contribution is 5.82. The molecule has 0 radical (unpaired) electrons. The molecule has 3 aromatic rings. The summed E-state index contributed by atoms with van der Waals surface area (Å²) >= 11 is 0. The molecule has 1 heterocycles. The number of rotatable bonds is 1. The number of aromatic nitrogens is 2. The third kappa shape index (κ3) is 2.29. The molecule has 2 aromatic carbocycles. The summed E-state index contributed by atoms with van der Waals surface area (Å²) in [6, 6.07) is 14.6. The van der Waals surface area contributed by atoms with Gasteiger partial charge in [-0.3, -0.25) is 4.57 Å². The van der Waals surface area contributed by atoms with Gasteiger partial charge in [0.25, 0.3) is 0 Å². The van der Waals surface area contributed by atoms with Crippen molar-refractivity contribution in [1.29, 1.82) is 0 Å². The van der Waals surface area contributed by atoms with Gasteiger partial charge >= 0.3 is 0 Å². The minimum absolute atomic E-state index is 0.0460. The molecule has 0 fully saturated rings. The van der Waals surface area contributed by atoms with Crippen LogP contribution in [0.4, 0.5) is 5.95 Å². The molecule has 0 unspecified atom stereocenters. The Morgan fingerprint density at radius 2 is 1.76 bits per heavy atom. The Hall–Kier alpha value is -2.29. The van der Waals surface area contributed by atoms with Crippen LogP contribution in [-0.2, 0) is 5.41 Å². The Morgan fingerprint density at radius 1 is 1.05 bits per heavy atom. The van der Waals surface area contributed by atoms with Crippen molar-refractivity contribution < 1.29 is 0 Å². The summed E-state index contributed by atoms with van der Waals surface area (Å²) in [5, 5.41) is 0. The lowest BCUT2D eigenvalue weighted by molar-refractivity contribution is 0.587. The van der Waals surface area contributed by atoms with E-state index in [2.05, 4.69) is 73.6 Å². The summed E-state index contributed by atoms with van der Waals surface area (Å²) in [5.74, 6) is 0.535. The SMILES string of the molecule is Cc1ccc2c(c1)nc(N)n2-c1ccccc1C(C)(C)C. The highest BCUT2D eigenvalue weighted by Gasteiger charge is 2.20. The lowest BCUT2D eigenvalue weighted by atomic mass is 9.85. The van der Waals surface area contributed by atoms with E-state index in [0.29, 0.717) is 5.95 Å². The molecule has 0 aliphatic rings. The first-order valence-electron chi connectivity index (χ1n) is 7.22. The number of nitrogen functional groups attached to an aromatic ring is 1. The maximum Gasteiger partial charge on any atom is 0.205 e. The van der Waals surface area contributed by atoms with Crippen LogP contribution < -0.4 is 5.73 Å². The maximum atomic E-state index is 6.20. The predicted octanol–water partition coefficient (Wildman–Crippen LogP) is 4.21. The van der Waals surface area contributed by atoms with Gasteiger partial charge in [-0.05, 0) is 41.7 Å². The number of nitrogens with two attached hydrogens (primary N) is 1. The smallest absolute Gasteiger partial charge is 0.205 e. The van der Waals surface area contributed by atoms with Gasteiger partial charge in [0.1, 0.15) is 0 Å². The van der Waals surface area contributed by atoms with Crippen molar-refractivity contribution in [3.8, 4) is 5.69 Å². The zero-order chi connectivity index (χ0) is 15.2. The molecule has 1 aromatic heterocycles. The van der Waals surface area contributed by atoms with E-state index in [9.17, 15) is 0 Å². The van der Waals surface area contributed by atoms with E-state index >= 15 is 0 Å². The largest absolute Gasteiger partial charge is 0.369 e. The Balaban J connectivity index is 2.34. The van der Waals surface area contributed by atoms with Gasteiger partial charge in [0.15, 0.2) is 0 Å². The number of anilines is 1. The normalized spacial score (nSPS) is 12.0. The Morgan fingerprint density at radius 3 is 2.48 bits per heavy atom. The zero-order valence-electron chi connectivity index (χ0n) is 13.0. The van der Waals surface area contributed by atoms with Crippen LogP contribution in [-0.4, -0.2) is 9.55 Å². The van der Waals surface area contributed by atoms with Crippen LogP contribution in [0.3, 0.4) is 0 Å². The monoisotopic (exact) mass is 279 g/mol. The predicted molar refractivity (Wildman–Crippen MR) is 88.9 cm³/mol. The molecule has 0 bridgehead atoms. The summed E-state index contributed by atoms with van der Waals surface area (Å²) in [7, 11) is 0. The summed E-state index contributed by atoms with van der Waals surface area (Å²) in [6.07, 6.45) is 0. The highest BCUT2D eigenvalue weighted by atomic mass is 15.2. The van der Waals surface area contributed by atoms with Crippen molar-refractivity contribution in [3.05, 3.63) is 53.6 Å². The van der Waals surface area contributed by atoms with E-state index in [-0.39, 0.29) is 5.41 Å². The first-order chi connectivity index (χ1) is 9.88. The fraction of sp³-hybridized carbons (Fsp3) is 0.278. The standard InChI is InChI=1S/C18H21N3/c1-12-9-10-16-14(11-12)20-17(19)21(16)15-8-6-5-7-13(15)18(2,3)4/h5-11H,1-4H3,(H2,19,20). The molecule has 0 spiro atoms. The average Bonchev–Trinajstić information content (AvgIpc) is 2.72. The molecule has 3 nitrogen and oxygen atoms in total. The number of nitrogens with zero attached hydrogens (tertiary/aromatic N) is 2. The lowest BCUT2D eigenvalue weighted by Crippen LogP contribution is -2.15. The summed E-state index contributed by atoms with van der Waals surface area (Å²) in [6.45, 7) is 8.71. The number of imidazole rings is 1. The van der Waals surface area contributed by atoms with Gasteiger partial charge in [-0.15, -0.1) is 0 Å². The van der Waals surface area contributed by atoms with Crippen molar-refractivity contribution in [3.63, 3.8) is 0 Å². The first kappa shape index (κ1) is 13.7. The van der Waals surface area contributed by atoms with Crippen LogP contribution >= 0.6 is 0 Å². The number of fused-ring (bicyclic) bond motifs is 1. The second kappa shape index (κ2) is 4.62. The van der Waals surface area contributed by atoms with E-state index < -0.39 is 0 Å². The van der Waals surface area contributed by atoms with E-state index in [4.69, 9.17) is 5.73 Å². The Labute approximate surface area is 125 Å². The maximum absolute atomic E-state index is 6.20. The quantitative estimate of drug-likeness (QED) is 0.725. The van der Waals surface area contributed by atoms with Crippen LogP contribution in [0.2, 0.25) is 0 Å². The van der Waals surface area contributed by atoms with Gasteiger partial charge < -0.3 is 5.73 Å². The van der Waals surface area contributed by atoms with E-state index in [0.717, 1.165) is 16.7 Å². The van der Waals surface area contributed by atoms with Crippen LogP contribution in [0.5, 0.6) is 0 Å². The highest BCUT2D eigenvalue weighted by Crippen LogP contribution is 2.32. The average molecular weight is 279 g/mol. The molecule has 0 atom stereocenters. The molecule has 3 rings (SSSR count). The number of hydrogen-bond donors (Lipinski definition) is 1. The zero-order valence-corrected chi connectivity index (χ0v) is 13.0. The number of benzene rings is 2. The fourth-order valence-corrected chi connectivity index (χ4v) is 2.76. The molecule has 0 saturated carbocycles. The summed E-state index contributed by atoms with van der Waals surface area (Å²) < 4.78 is 2.05. The van der Waals surface area contributed by atoms with Crippen LogP contribution in [0, 0.1) is 6.92 Å². The topological polar surface area (TPSA) is 43.8 Å². The van der Waals surface area contributed by atoms with Gasteiger partial charge in [0.05, 0.1) is 16.7 Å². The van der Waals surface area contributed by atoms with E-state index in [1.54, 1.807) is 0 Å². The molecule has 108 valence electrons. The third-order valence-corrected chi connectivity index (χ3v) is 3.79. The van der Waals surface area contributed by atoms with Gasteiger partial charge in [-0.25, -0.2) is 4.98 Å². The van der Waals surface area contributed by atoms with E-state index in [1.165, 1.54) is 11.1 Å². The fourth-order valence-electron chi connectivity index (χ4n) is 2.76. The molecular formula is C18H21N3. The van der Waals surface area contributed by atoms with Crippen molar-refractivity contribution in [2.45, 2.75) is 33.1 Å². The molecule has 0 amide bonds. The van der Waals surface area contributed by atoms with Gasteiger partial charge in [0, 0.05) is 0 Å².